The molecule has 1 atom stereocenters. The molecule has 2 nitrogen and oxygen atoms in total. The topological polar surface area (TPSA) is 24.9 Å². The third kappa shape index (κ3) is 3.84. The first-order valence-corrected chi connectivity index (χ1v) is 7.40. The molecule has 0 radical (unpaired) electrons. The van der Waals surface area contributed by atoms with Gasteiger partial charge in [0.25, 0.3) is 0 Å². The highest BCUT2D eigenvalue weighted by Gasteiger charge is 2.12. The second-order valence-electron chi connectivity index (χ2n) is 4.23. The van der Waals surface area contributed by atoms with Crippen LogP contribution in [-0.2, 0) is 6.42 Å². The quantitative estimate of drug-likeness (QED) is 0.848. The standard InChI is InChI=1S/C14H13Br2FN2/c1-18-14(5-9-4-11(15)8-19-7-9)10-2-3-13(17)12(16)6-10/h2-4,6-8,14,18H,5H2,1H3. The maximum absolute atomic E-state index is 13.3. The first-order chi connectivity index (χ1) is 9.10. The van der Waals surface area contributed by atoms with Crippen molar-refractivity contribution in [3.05, 3.63) is 62.5 Å². The Morgan fingerprint density at radius 2 is 2.05 bits per heavy atom. The number of nitrogens with one attached hydrogen (secondary N) is 1. The summed E-state index contributed by atoms with van der Waals surface area (Å²) >= 11 is 6.63. The Labute approximate surface area is 128 Å². The van der Waals surface area contributed by atoms with Gasteiger partial charge in [-0.1, -0.05) is 6.07 Å². The normalized spacial score (nSPS) is 12.4. The Morgan fingerprint density at radius 1 is 1.26 bits per heavy atom. The number of likely N-dealkylation sites (N-methyl/N-ethyl adjacent to an activating group) is 1. The molecule has 1 heterocycles. The van der Waals surface area contributed by atoms with Gasteiger partial charge in [0.15, 0.2) is 0 Å². The van der Waals surface area contributed by atoms with Gasteiger partial charge < -0.3 is 5.32 Å². The average molecular weight is 388 g/mol. The van der Waals surface area contributed by atoms with Crippen LogP contribution in [0.25, 0.3) is 0 Å². The van der Waals surface area contributed by atoms with Gasteiger partial charge in [-0.2, -0.15) is 0 Å². The summed E-state index contributed by atoms with van der Waals surface area (Å²) in [5.74, 6) is -0.247. The molecule has 0 fully saturated rings. The molecule has 1 unspecified atom stereocenters. The Morgan fingerprint density at radius 3 is 2.68 bits per heavy atom. The summed E-state index contributed by atoms with van der Waals surface area (Å²) in [6, 6.07) is 7.24. The molecule has 0 bridgehead atoms. The van der Waals surface area contributed by atoms with Gasteiger partial charge in [-0.05, 0) is 74.7 Å². The first kappa shape index (κ1) is 14.6. The third-order valence-corrected chi connectivity index (χ3v) is 3.94. The maximum Gasteiger partial charge on any atom is 0.137 e. The Kier molecular flexibility index (Phi) is 5.07. The smallest absolute Gasteiger partial charge is 0.137 e. The van der Waals surface area contributed by atoms with Gasteiger partial charge in [-0.25, -0.2) is 4.39 Å². The molecule has 2 rings (SSSR count). The van der Waals surface area contributed by atoms with E-state index in [9.17, 15) is 4.39 Å². The van der Waals surface area contributed by atoms with Crippen LogP contribution in [0, 0.1) is 5.82 Å². The molecule has 2 aromatic rings. The Bertz CT molecular complexity index is 575. The van der Waals surface area contributed by atoms with Gasteiger partial charge in [-0.3, -0.25) is 4.98 Å². The van der Waals surface area contributed by atoms with Crippen LogP contribution in [0.1, 0.15) is 17.2 Å². The maximum atomic E-state index is 13.3. The van der Waals surface area contributed by atoms with E-state index in [0.29, 0.717) is 4.47 Å². The lowest BCUT2D eigenvalue weighted by Gasteiger charge is -2.17. The van der Waals surface area contributed by atoms with Crippen LogP contribution in [0.15, 0.2) is 45.6 Å². The minimum atomic E-state index is -0.247. The highest BCUT2D eigenvalue weighted by molar-refractivity contribution is 9.10. The molecule has 100 valence electrons. The van der Waals surface area contributed by atoms with E-state index in [0.717, 1.165) is 22.0 Å². The number of benzene rings is 1. The van der Waals surface area contributed by atoms with Crippen molar-refractivity contribution in [3.63, 3.8) is 0 Å². The summed E-state index contributed by atoms with van der Waals surface area (Å²) in [5, 5.41) is 3.25. The molecule has 0 saturated heterocycles. The summed E-state index contributed by atoms with van der Waals surface area (Å²) in [5.41, 5.74) is 2.16. The summed E-state index contributed by atoms with van der Waals surface area (Å²) in [7, 11) is 1.90. The van der Waals surface area contributed by atoms with E-state index in [1.165, 1.54) is 6.07 Å². The number of hydrogen-bond acceptors (Lipinski definition) is 2. The van der Waals surface area contributed by atoms with Crippen LogP contribution in [0.5, 0.6) is 0 Å². The Balaban J connectivity index is 2.22. The first-order valence-electron chi connectivity index (χ1n) is 5.82. The van der Waals surface area contributed by atoms with Gasteiger partial charge >= 0.3 is 0 Å². The van der Waals surface area contributed by atoms with Crippen molar-refractivity contribution in [2.45, 2.75) is 12.5 Å². The average Bonchev–Trinajstić information content (AvgIpc) is 2.39. The second kappa shape index (κ2) is 6.59. The number of hydrogen-bond donors (Lipinski definition) is 1. The summed E-state index contributed by atoms with van der Waals surface area (Å²) in [6.07, 6.45) is 4.39. The molecular formula is C14H13Br2FN2. The van der Waals surface area contributed by atoms with Gasteiger partial charge in [-0.15, -0.1) is 0 Å². The van der Waals surface area contributed by atoms with E-state index < -0.39 is 0 Å². The van der Waals surface area contributed by atoms with Crippen molar-refractivity contribution in [1.29, 1.82) is 0 Å². The lowest BCUT2D eigenvalue weighted by Crippen LogP contribution is -2.19. The van der Waals surface area contributed by atoms with E-state index in [2.05, 4.69) is 42.2 Å². The minimum absolute atomic E-state index is 0.119. The number of nitrogens with zero attached hydrogens (tertiary/aromatic N) is 1. The molecular weight excluding hydrogens is 375 g/mol. The molecule has 1 aromatic carbocycles. The van der Waals surface area contributed by atoms with Gasteiger partial charge in [0.05, 0.1) is 4.47 Å². The summed E-state index contributed by atoms with van der Waals surface area (Å²) in [6.45, 7) is 0. The van der Waals surface area contributed by atoms with Crippen molar-refractivity contribution in [1.82, 2.24) is 10.3 Å². The molecule has 0 aliphatic carbocycles. The van der Waals surface area contributed by atoms with Crippen LogP contribution in [-0.4, -0.2) is 12.0 Å². The highest BCUT2D eigenvalue weighted by atomic mass is 79.9. The van der Waals surface area contributed by atoms with Crippen LogP contribution in [0.2, 0.25) is 0 Å². The van der Waals surface area contributed by atoms with Crippen molar-refractivity contribution in [3.8, 4) is 0 Å². The second-order valence-corrected chi connectivity index (χ2v) is 6.00. The SMILES string of the molecule is CNC(Cc1cncc(Br)c1)c1ccc(F)c(Br)c1. The van der Waals surface area contributed by atoms with Gasteiger partial charge in [0, 0.05) is 22.9 Å². The van der Waals surface area contributed by atoms with Gasteiger partial charge in [0.1, 0.15) is 5.82 Å². The summed E-state index contributed by atoms with van der Waals surface area (Å²) < 4.78 is 14.7. The molecule has 0 amide bonds. The van der Waals surface area contributed by atoms with Crippen molar-refractivity contribution in [2.75, 3.05) is 7.05 Å². The Hall–Kier alpha value is -0.780. The third-order valence-electron chi connectivity index (χ3n) is 2.90. The highest BCUT2D eigenvalue weighted by Crippen LogP contribution is 2.24. The van der Waals surface area contributed by atoms with Gasteiger partial charge in [0.2, 0.25) is 0 Å². The fourth-order valence-electron chi connectivity index (χ4n) is 1.92. The molecule has 0 aliphatic heterocycles. The zero-order valence-electron chi connectivity index (χ0n) is 10.3. The van der Waals surface area contributed by atoms with Crippen molar-refractivity contribution >= 4 is 31.9 Å². The summed E-state index contributed by atoms with van der Waals surface area (Å²) in [4.78, 5) is 4.15. The monoisotopic (exact) mass is 386 g/mol. The van der Waals surface area contributed by atoms with E-state index in [4.69, 9.17) is 0 Å². The molecule has 0 saturated carbocycles. The molecule has 0 aliphatic rings. The lowest BCUT2D eigenvalue weighted by molar-refractivity contribution is 0.583. The number of aromatic nitrogens is 1. The molecule has 5 heteroatoms. The lowest BCUT2D eigenvalue weighted by atomic mass is 10.00. The fraction of sp³-hybridized carbons (Fsp3) is 0.214. The molecule has 19 heavy (non-hydrogen) atoms. The predicted octanol–water partition coefficient (Wildman–Crippen LogP) is 4.25. The van der Waals surface area contributed by atoms with Crippen LogP contribution >= 0.6 is 31.9 Å². The number of rotatable bonds is 4. The number of pyridine rings is 1. The van der Waals surface area contributed by atoms with E-state index in [1.807, 2.05) is 25.4 Å². The van der Waals surface area contributed by atoms with Crippen LogP contribution < -0.4 is 5.32 Å². The number of halogens is 3. The fourth-order valence-corrected chi connectivity index (χ4v) is 2.73. The van der Waals surface area contributed by atoms with E-state index >= 15 is 0 Å². The molecule has 0 spiro atoms. The zero-order chi connectivity index (χ0) is 13.8. The van der Waals surface area contributed by atoms with E-state index in [-0.39, 0.29) is 11.9 Å². The predicted molar refractivity (Wildman–Crippen MR) is 81.5 cm³/mol. The largest absolute Gasteiger partial charge is 0.313 e. The molecule has 1 aromatic heterocycles. The zero-order valence-corrected chi connectivity index (χ0v) is 13.5. The van der Waals surface area contributed by atoms with Crippen LogP contribution in [0.4, 0.5) is 4.39 Å². The van der Waals surface area contributed by atoms with E-state index in [1.54, 1.807) is 12.3 Å². The minimum Gasteiger partial charge on any atom is -0.313 e. The van der Waals surface area contributed by atoms with Crippen molar-refractivity contribution < 1.29 is 4.39 Å². The molecule has 1 N–H and O–H groups in total. The van der Waals surface area contributed by atoms with Crippen molar-refractivity contribution in [2.24, 2.45) is 0 Å². The van der Waals surface area contributed by atoms with Crippen LogP contribution in [0.3, 0.4) is 0 Å².